The third-order valence-electron chi connectivity index (χ3n) is 1.84. The van der Waals surface area contributed by atoms with Crippen LogP contribution in [0.2, 0.25) is 5.02 Å². The second-order valence-corrected chi connectivity index (χ2v) is 3.51. The lowest BCUT2D eigenvalue weighted by molar-refractivity contribution is -0.117. The summed E-state index contributed by atoms with van der Waals surface area (Å²) < 4.78 is 5.07. The van der Waals surface area contributed by atoms with E-state index in [2.05, 4.69) is 5.32 Å². The Hall–Kier alpha value is -0.970. The van der Waals surface area contributed by atoms with Crippen molar-refractivity contribution in [3.05, 3.63) is 23.2 Å². The van der Waals surface area contributed by atoms with Crippen LogP contribution in [-0.2, 0) is 4.79 Å². The minimum absolute atomic E-state index is 0. The van der Waals surface area contributed by atoms with Gasteiger partial charge < -0.3 is 15.8 Å². The van der Waals surface area contributed by atoms with Crippen LogP contribution in [0.15, 0.2) is 18.2 Å². The molecular formula is C10H14Cl2N2O2. The first-order valence-corrected chi connectivity index (χ1v) is 4.83. The molecular weight excluding hydrogens is 251 g/mol. The number of benzene rings is 1. The number of nitrogens with one attached hydrogen (secondary N) is 1. The van der Waals surface area contributed by atoms with Crippen LogP contribution >= 0.6 is 24.0 Å². The second-order valence-electron chi connectivity index (χ2n) is 3.10. The monoisotopic (exact) mass is 264 g/mol. The summed E-state index contributed by atoms with van der Waals surface area (Å²) in [6, 6.07) is 4.53. The zero-order valence-electron chi connectivity index (χ0n) is 8.99. The molecule has 0 heterocycles. The molecule has 0 spiro atoms. The number of hydrogen-bond donors (Lipinski definition) is 2. The quantitative estimate of drug-likeness (QED) is 0.879. The van der Waals surface area contributed by atoms with Gasteiger partial charge in [-0.3, -0.25) is 4.79 Å². The lowest BCUT2D eigenvalue weighted by Crippen LogP contribution is -2.32. The molecule has 4 nitrogen and oxygen atoms in total. The lowest BCUT2D eigenvalue weighted by Gasteiger charge is -2.12. The molecule has 16 heavy (non-hydrogen) atoms. The molecule has 0 saturated heterocycles. The molecule has 90 valence electrons. The Bertz CT molecular complexity index is 370. The van der Waals surface area contributed by atoms with Gasteiger partial charge >= 0.3 is 0 Å². The van der Waals surface area contributed by atoms with Gasteiger partial charge in [0.2, 0.25) is 5.91 Å². The number of hydrogen-bond acceptors (Lipinski definition) is 3. The fraction of sp³-hybridized carbons (Fsp3) is 0.300. The van der Waals surface area contributed by atoms with E-state index in [1.807, 2.05) is 0 Å². The normalized spacial score (nSPS) is 11.2. The molecule has 1 atom stereocenters. The summed E-state index contributed by atoms with van der Waals surface area (Å²) >= 11 is 5.89. The average molecular weight is 265 g/mol. The summed E-state index contributed by atoms with van der Waals surface area (Å²) in [7, 11) is 1.49. The van der Waals surface area contributed by atoms with Crippen LogP contribution in [0.4, 0.5) is 5.69 Å². The van der Waals surface area contributed by atoms with E-state index in [1.165, 1.54) is 7.11 Å². The maximum Gasteiger partial charge on any atom is 0.241 e. The van der Waals surface area contributed by atoms with E-state index < -0.39 is 6.04 Å². The topological polar surface area (TPSA) is 64.3 Å². The van der Waals surface area contributed by atoms with Crippen molar-refractivity contribution in [3.63, 3.8) is 0 Å². The molecule has 0 fully saturated rings. The standard InChI is InChI=1S/C10H13ClN2O2.ClH/c1-6(12)10(14)13-8-5-3-4-7(11)9(8)15-2;/h3-6H,12H2,1-2H3,(H,13,14);1H. The number of para-hydroxylation sites is 1. The highest BCUT2D eigenvalue weighted by Crippen LogP contribution is 2.32. The van der Waals surface area contributed by atoms with Crippen LogP contribution in [0, 0.1) is 0 Å². The third kappa shape index (κ3) is 3.56. The number of amides is 1. The minimum Gasteiger partial charge on any atom is -0.493 e. The summed E-state index contributed by atoms with van der Waals surface area (Å²) in [4.78, 5) is 11.4. The molecule has 6 heteroatoms. The van der Waals surface area contributed by atoms with Gasteiger partial charge in [-0.2, -0.15) is 0 Å². The molecule has 1 aromatic rings. The van der Waals surface area contributed by atoms with E-state index in [0.717, 1.165) is 0 Å². The lowest BCUT2D eigenvalue weighted by atomic mass is 10.2. The first-order chi connectivity index (χ1) is 7.06. The van der Waals surface area contributed by atoms with Gasteiger partial charge in [0.05, 0.1) is 23.9 Å². The molecule has 1 aromatic carbocycles. The SMILES string of the molecule is COc1c(Cl)cccc1NC(=O)C(C)N.Cl. The summed E-state index contributed by atoms with van der Waals surface area (Å²) in [5, 5.41) is 3.07. The van der Waals surface area contributed by atoms with Gasteiger partial charge in [-0.25, -0.2) is 0 Å². The van der Waals surface area contributed by atoms with Crippen molar-refractivity contribution in [3.8, 4) is 5.75 Å². The Labute approximate surface area is 106 Å². The Morgan fingerprint density at radius 1 is 1.56 bits per heavy atom. The number of carbonyl (C=O) groups is 1. The zero-order chi connectivity index (χ0) is 11.4. The van der Waals surface area contributed by atoms with E-state index in [9.17, 15) is 4.79 Å². The highest BCUT2D eigenvalue weighted by Gasteiger charge is 2.12. The first-order valence-electron chi connectivity index (χ1n) is 4.45. The van der Waals surface area contributed by atoms with E-state index >= 15 is 0 Å². The van der Waals surface area contributed by atoms with Gasteiger partial charge in [-0.1, -0.05) is 17.7 Å². The fourth-order valence-electron chi connectivity index (χ4n) is 1.06. The van der Waals surface area contributed by atoms with Gasteiger partial charge in [0.1, 0.15) is 0 Å². The Kier molecular flexibility index (Phi) is 6.18. The molecule has 0 aliphatic rings. The van der Waals surface area contributed by atoms with E-state index in [1.54, 1.807) is 25.1 Å². The molecule has 3 N–H and O–H groups in total. The fourth-order valence-corrected chi connectivity index (χ4v) is 1.31. The average Bonchev–Trinajstić information content (AvgIpc) is 2.18. The number of methoxy groups -OCH3 is 1. The predicted octanol–water partition coefficient (Wildman–Crippen LogP) is 2.06. The maximum atomic E-state index is 11.4. The second kappa shape index (κ2) is 6.58. The molecule has 0 aromatic heterocycles. The number of ether oxygens (including phenoxy) is 1. The van der Waals surface area contributed by atoms with Gasteiger partial charge in [0.15, 0.2) is 5.75 Å². The molecule has 0 saturated carbocycles. The van der Waals surface area contributed by atoms with Crippen LogP contribution in [-0.4, -0.2) is 19.1 Å². The summed E-state index contributed by atoms with van der Waals surface area (Å²) in [6.45, 7) is 1.60. The maximum absolute atomic E-state index is 11.4. The Balaban J connectivity index is 0.00000225. The van der Waals surface area contributed by atoms with Crippen LogP contribution in [0.5, 0.6) is 5.75 Å². The summed E-state index contributed by atoms with van der Waals surface area (Å²) in [6.07, 6.45) is 0. The molecule has 1 unspecified atom stereocenters. The smallest absolute Gasteiger partial charge is 0.241 e. The molecule has 0 bridgehead atoms. The van der Waals surface area contributed by atoms with E-state index in [-0.39, 0.29) is 18.3 Å². The van der Waals surface area contributed by atoms with Crippen molar-refractivity contribution >= 4 is 35.6 Å². The number of carbonyl (C=O) groups excluding carboxylic acids is 1. The van der Waals surface area contributed by atoms with Crippen molar-refractivity contribution in [1.29, 1.82) is 0 Å². The van der Waals surface area contributed by atoms with Crippen molar-refractivity contribution in [1.82, 2.24) is 0 Å². The Morgan fingerprint density at radius 2 is 2.19 bits per heavy atom. The van der Waals surface area contributed by atoms with E-state index in [0.29, 0.717) is 16.5 Å². The summed E-state index contributed by atoms with van der Waals surface area (Å²) in [5.74, 6) is 0.156. The molecule has 1 amide bonds. The number of rotatable bonds is 3. The molecule has 0 aliphatic carbocycles. The number of halogens is 2. The van der Waals surface area contributed by atoms with Crippen LogP contribution in [0.1, 0.15) is 6.92 Å². The van der Waals surface area contributed by atoms with Crippen LogP contribution < -0.4 is 15.8 Å². The van der Waals surface area contributed by atoms with Gasteiger partial charge in [-0.05, 0) is 19.1 Å². The van der Waals surface area contributed by atoms with Crippen LogP contribution in [0.3, 0.4) is 0 Å². The number of anilines is 1. The van der Waals surface area contributed by atoms with Crippen molar-refractivity contribution < 1.29 is 9.53 Å². The zero-order valence-corrected chi connectivity index (χ0v) is 10.6. The largest absolute Gasteiger partial charge is 0.493 e. The molecule has 0 radical (unpaired) electrons. The van der Waals surface area contributed by atoms with Crippen molar-refractivity contribution in [2.75, 3.05) is 12.4 Å². The van der Waals surface area contributed by atoms with Gasteiger partial charge in [0, 0.05) is 0 Å². The third-order valence-corrected chi connectivity index (χ3v) is 2.14. The summed E-state index contributed by atoms with van der Waals surface area (Å²) in [5.41, 5.74) is 5.95. The van der Waals surface area contributed by atoms with Crippen molar-refractivity contribution in [2.45, 2.75) is 13.0 Å². The molecule has 0 aliphatic heterocycles. The van der Waals surface area contributed by atoms with Gasteiger partial charge in [-0.15, -0.1) is 12.4 Å². The first kappa shape index (κ1) is 15.0. The van der Waals surface area contributed by atoms with Gasteiger partial charge in [0.25, 0.3) is 0 Å². The Morgan fingerprint density at radius 3 is 2.69 bits per heavy atom. The predicted molar refractivity (Wildman–Crippen MR) is 67.5 cm³/mol. The van der Waals surface area contributed by atoms with Crippen LogP contribution in [0.25, 0.3) is 0 Å². The minimum atomic E-state index is -0.575. The van der Waals surface area contributed by atoms with E-state index in [4.69, 9.17) is 22.1 Å². The molecule has 1 rings (SSSR count). The highest BCUT2D eigenvalue weighted by molar-refractivity contribution is 6.32. The number of nitrogens with two attached hydrogens (primary N) is 1. The highest BCUT2D eigenvalue weighted by atomic mass is 35.5. The van der Waals surface area contributed by atoms with Crippen molar-refractivity contribution in [2.24, 2.45) is 5.73 Å².